The summed E-state index contributed by atoms with van der Waals surface area (Å²) in [4.78, 5) is 15.3. The molecule has 0 atom stereocenters. The Morgan fingerprint density at radius 2 is 0.655 bits per heavy atom. The van der Waals surface area contributed by atoms with Crippen LogP contribution in [0.15, 0.2) is 205 Å². The molecule has 0 saturated carbocycles. The smallest absolute Gasteiger partial charge is 0.164 e. The molecule has 0 aliphatic heterocycles. The van der Waals surface area contributed by atoms with Crippen molar-refractivity contribution in [2.24, 2.45) is 0 Å². The maximum Gasteiger partial charge on any atom is 0.164 e. The minimum atomic E-state index is 0.608. The maximum absolute atomic E-state index is 6.36. The number of fused-ring (bicyclic) bond motifs is 3. The first-order valence-electron chi connectivity index (χ1n) is 18.4. The van der Waals surface area contributed by atoms with Gasteiger partial charge in [0.2, 0.25) is 0 Å². The number of aromatic nitrogens is 3. The zero-order chi connectivity index (χ0) is 36.6. The van der Waals surface area contributed by atoms with Gasteiger partial charge < -0.3 is 4.42 Å². The summed E-state index contributed by atoms with van der Waals surface area (Å²) in [5, 5.41) is 2.22. The van der Waals surface area contributed by atoms with E-state index in [9.17, 15) is 0 Å². The summed E-state index contributed by atoms with van der Waals surface area (Å²) in [6, 6.07) is 69.3. The van der Waals surface area contributed by atoms with Gasteiger partial charge in [0.1, 0.15) is 11.2 Å². The molecule has 2 aromatic heterocycles. The minimum Gasteiger partial charge on any atom is -0.455 e. The predicted octanol–water partition coefficient (Wildman–Crippen LogP) is 13.4. The number of hydrogen-bond donors (Lipinski definition) is 0. The van der Waals surface area contributed by atoms with Crippen molar-refractivity contribution < 1.29 is 4.42 Å². The standard InChI is InChI=1S/C51H33N3O/c1-3-12-34(13-4-1)35-22-24-36(25-23-35)37-26-30-40(31-27-37)49-52-50(54-51(53-49)46-18-8-7-16-42(46)38-14-5-2-6-15-38)41-32-28-39(29-33-41)43-19-11-20-45-44-17-9-10-21-47(44)55-48(43)45/h1-33H. The summed E-state index contributed by atoms with van der Waals surface area (Å²) < 4.78 is 6.36. The Morgan fingerprint density at radius 3 is 1.27 bits per heavy atom. The van der Waals surface area contributed by atoms with Gasteiger partial charge in [0, 0.05) is 33.0 Å². The van der Waals surface area contributed by atoms with Crippen LogP contribution >= 0.6 is 0 Å². The average Bonchev–Trinajstić information content (AvgIpc) is 3.66. The average molecular weight is 704 g/mol. The molecule has 0 N–H and O–H groups in total. The first kappa shape index (κ1) is 32.2. The fourth-order valence-corrected chi connectivity index (χ4v) is 7.37. The van der Waals surface area contributed by atoms with Crippen LogP contribution in [0.1, 0.15) is 0 Å². The summed E-state index contributed by atoms with van der Waals surface area (Å²) in [5.41, 5.74) is 13.5. The molecular formula is C51H33N3O. The molecule has 0 aliphatic carbocycles. The van der Waals surface area contributed by atoms with Gasteiger partial charge >= 0.3 is 0 Å². The van der Waals surface area contributed by atoms with E-state index in [1.54, 1.807) is 0 Å². The van der Waals surface area contributed by atoms with E-state index in [1.165, 1.54) is 11.1 Å². The van der Waals surface area contributed by atoms with Gasteiger partial charge in [-0.2, -0.15) is 0 Å². The molecule has 4 nitrogen and oxygen atoms in total. The molecule has 8 aromatic carbocycles. The van der Waals surface area contributed by atoms with Crippen molar-refractivity contribution >= 4 is 21.9 Å². The van der Waals surface area contributed by atoms with E-state index in [-0.39, 0.29) is 0 Å². The zero-order valence-electron chi connectivity index (χ0n) is 29.8. The monoisotopic (exact) mass is 703 g/mol. The number of furan rings is 1. The Balaban J connectivity index is 1.04. The minimum absolute atomic E-state index is 0.608. The second-order valence-corrected chi connectivity index (χ2v) is 13.6. The topological polar surface area (TPSA) is 51.8 Å². The molecule has 2 heterocycles. The van der Waals surface area contributed by atoms with Crippen LogP contribution in [0.3, 0.4) is 0 Å². The van der Waals surface area contributed by atoms with Crippen molar-refractivity contribution in [1.29, 1.82) is 0 Å². The molecule has 0 saturated heterocycles. The van der Waals surface area contributed by atoms with E-state index in [2.05, 4.69) is 164 Å². The van der Waals surface area contributed by atoms with Crippen LogP contribution in [0.25, 0.3) is 101 Å². The molecular weight excluding hydrogens is 671 g/mol. The van der Waals surface area contributed by atoms with Crippen LogP contribution in [0.5, 0.6) is 0 Å². The van der Waals surface area contributed by atoms with Crippen LogP contribution < -0.4 is 0 Å². The van der Waals surface area contributed by atoms with Crippen molar-refractivity contribution in [3.8, 4) is 78.7 Å². The lowest BCUT2D eigenvalue weighted by Crippen LogP contribution is -2.01. The molecule has 0 aliphatic rings. The number of benzene rings is 8. The Bertz CT molecular complexity index is 2930. The van der Waals surface area contributed by atoms with E-state index in [0.717, 1.165) is 72.0 Å². The van der Waals surface area contributed by atoms with E-state index in [4.69, 9.17) is 19.4 Å². The fourth-order valence-electron chi connectivity index (χ4n) is 7.37. The van der Waals surface area contributed by atoms with Crippen molar-refractivity contribution in [2.75, 3.05) is 0 Å². The van der Waals surface area contributed by atoms with Crippen LogP contribution in [-0.2, 0) is 0 Å². The lowest BCUT2D eigenvalue weighted by Gasteiger charge is -2.12. The number of para-hydroxylation sites is 2. The molecule has 0 fully saturated rings. The first-order valence-corrected chi connectivity index (χ1v) is 18.4. The highest BCUT2D eigenvalue weighted by atomic mass is 16.3. The molecule has 10 rings (SSSR count). The van der Waals surface area contributed by atoms with Crippen LogP contribution in [-0.4, -0.2) is 15.0 Å². The highest BCUT2D eigenvalue weighted by Gasteiger charge is 2.17. The van der Waals surface area contributed by atoms with E-state index >= 15 is 0 Å². The summed E-state index contributed by atoms with van der Waals surface area (Å²) in [5.74, 6) is 1.85. The lowest BCUT2D eigenvalue weighted by molar-refractivity contribution is 0.670. The van der Waals surface area contributed by atoms with Crippen LogP contribution in [0.4, 0.5) is 0 Å². The third-order valence-electron chi connectivity index (χ3n) is 10.2. The quantitative estimate of drug-likeness (QED) is 0.166. The fraction of sp³-hybridized carbons (Fsp3) is 0. The first-order chi connectivity index (χ1) is 27.2. The molecule has 0 radical (unpaired) electrons. The largest absolute Gasteiger partial charge is 0.455 e. The maximum atomic E-state index is 6.36. The van der Waals surface area contributed by atoms with Gasteiger partial charge in [-0.25, -0.2) is 15.0 Å². The van der Waals surface area contributed by atoms with Crippen molar-refractivity contribution in [1.82, 2.24) is 15.0 Å². The highest BCUT2D eigenvalue weighted by Crippen LogP contribution is 2.37. The Hall–Kier alpha value is -7.43. The molecule has 0 unspecified atom stereocenters. The molecule has 55 heavy (non-hydrogen) atoms. The summed E-state index contributed by atoms with van der Waals surface area (Å²) in [6.45, 7) is 0. The third-order valence-corrected chi connectivity index (χ3v) is 10.2. The van der Waals surface area contributed by atoms with Gasteiger partial charge in [0.15, 0.2) is 17.5 Å². The van der Waals surface area contributed by atoms with Crippen molar-refractivity contribution in [2.45, 2.75) is 0 Å². The summed E-state index contributed by atoms with van der Waals surface area (Å²) in [7, 11) is 0. The molecule has 4 heteroatoms. The second kappa shape index (κ2) is 13.8. The SMILES string of the molecule is c1ccc(-c2ccc(-c3ccc(-c4nc(-c5ccc(-c6cccc7c6oc6ccccc67)cc5)nc(-c5ccccc5-c5ccccc5)n4)cc3)cc2)cc1. The van der Waals surface area contributed by atoms with Gasteiger partial charge in [0.05, 0.1) is 0 Å². The lowest BCUT2D eigenvalue weighted by atomic mass is 9.98. The summed E-state index contributed by atoms with van der Waals surface area (Å²) in [6.07, 6.45) is 0. The number of nitrogens with zero attached hydrogens (tertiary/aromatic N) is 3. The number of rotatable bonds is 7. The van der Waals surface area contributed by atoms with E-state index in [0.29, 0.717) is 17.5 Å². The van der Waals surface area contributed by atoms with Crippen LogP contribution in [0.2, 0.25) is 0 Å². The summed E-state index contributed by atoms with van der Waals surface area (Å²) >= 11 is 0. The van der Waals surface area contributed by atoms with Gasteiger partial charge in [-0.1, -0.05) is 194 Å². The van der Waals surface area contributed by atoms with Crippen molar-refractivity contribution in [3.05, 3.63) is 200 Å². The molecule has 10 aromatic rings. The third kappa shape index (κ3) is 6.16. The van der Waals surface area contributed by atoms with Gasteiger partial charge in [-0.15, -0.1) is 0 Å². The van der Waals surface area contributed by atoms with Crippen LogP contribution in [0, 0.1) is 0 Å². The Kier molecular flexibility index (Phi) is 8.12. The molecule has 258 valence electrons. The molecule has 0 spiro atoms. The van der Waals surface area contributed by atoms with Gasteiger partial charge in [-0.05, 0) is 45.0 Å². The predicted molar refractivity (Wildman–Crippen MR) is 225 cm³/mol. The van der Waals surface area contributed by atoms with E-state index < -0.39 is 0 Å². The van der Waals surface area contributed by atoms with Gasteiger partial charge in [0.25, 0.3) is 0 Å². The Labute approximate surface area is 319 Å². The Morgan fingerprint density at radius 1 is 0.255 bits per heavy atom. The zero-order valence-corrected chi connectivity index (χ0v) is 29.8. The normalized spacial score (nSPS) is 11.3. The molecule has 0 bridgehead atoms. The van der Waals surface area contributed by atoms with Gasteiger partial charge in [-0.3, -0.25) is 0 Å². The highest BCUT2D eigenvalue weighted by molar-refractivity contribution is 6.09. The van der Waals surface area contributed by atoms with Crippen molar-refractivity contribution in [3.63, 3.8) is 0 Å². The van der Waals surface area contributed by atoms with E-state index in [1.807, 2.05) is 36.4 Å². The number of hydrogen-bond acceptors (Lipinski definition) is 4. The second-order valence-electron chi connectivity index (χ2n) is 13.6. The molecule has 0 amide bonds.